The van der Waals surface area contributed by atoms with Gasteiger partial charge in [0.1, 0.15) is 0 Å². The number of hydrogen-bond acceptors (Lipinski definition) is 4. The number of aliphatic hydroxyl groups excluding tert-OH is 1. The third-order valence-electron chi connectivity index (χ3n) is 3.23. The van der Waals surface area contributed by atoms with E-state index in [0.29, 0.717) is 19.4 Å². The Balaban J connectivity index is 2.07. The van der Waals surface area contributed by atoms with Crippen LogP contribution in [0.3, 0.4) is 0 Å². The van der Waals surface area contributed by atoms with Crippen molar-refractivity contribution in [2.24, 2.45) is 5.92 Å². The van der Waals surface area contributed by atoms with Gasteiger partial charge in [0, 0.05) is 19.5 Å². The minimum Gasteiger partial charge on any atom is -0.469 e. The van der Waals surface area contributed by atoms with Crippen molar-refractivity contribution in [2.45, 2.75) is 38.2 Å². The Morgan fingerprint density at radius 3 is 2.75 bits per heavy atom. The Morgan fingerprint density at radius 2 is 2.25 bits per heavy atom. The summed E-state index contributed by atoms with van der Waals surface area (Å²) in [6.07, 6.45) is 4.36. The van der Waals surface area contributed by atoms with E-state index < -0.39 is 6.10 Å². The maximum Gasteiger partial charge on any atom is 0.305 e. The molecule has 1 aliphatic rings. The summed E-state index contributed by atoms with van der Waals surface area (Å²) in [5, 5.41) is 9.72. The number of esters is 1. The SMILES string of the molecule is COC(=O)CCC(O)CN(C)CC1CCC1. The van der Waals surface area contributed by atoms with Crippen LogP contribution in [0.25, 0.3) is 0 Å². The standard InChI is InChI=1S/C12H23NO3/c1-13(8-10-4-3-5-10)9-11(14)6-7-12(15)16-2/h10-11,14H,3-9H2,1-2H3. The second-order valence-corrected chi connectivity index (χ2v) is 4.79. The molecule has 1 saturated carbocycles. The van der Waals surface area contributed by atoms with Crippen molar-refractivity contribution in [3.8, 4) is 0 Å². The van der Waals surface area contributed by atoms with E-state index >= 15 is 0 Å². The van der Waals surface area contributed by atoms with E-state index in [9.17, 15) is 9.90 Å². The van der Waals surface area contributed by atoms with Gasteiger partial charge in [0.05, 0.1) is 13.2 Å². The topological polar surface area (TPSA) is 49.8 Å². The molecule has 0 saturated heterocycles. The number of methoxy groups -OCH3 is 1. The Morgan fingerprint density at radius 1 is 1.56 bits per heavy atom. The highest BCUT2D eigenvalue weighted by atomic mass is 16.5. The predicted molar refractivity (Wildman–Crippen MR) is 62.1 cm³/mol. The Hall–Kier alpha value is -0.610. The molecule has 0 spiro atoms. The lowest BCUT2D eigenvalue weighted by Crippen LogP contribution is -2.35. The molecule has 0 aromatic carbocycles. The third kappa shape index (κ3) is 4.94. The van der Waals surface area contributed by atoms with Crippen LogP contribution < -0.4 is 0 Å². The molecule has 1 aliphatic carbocycles. The largest absolute Gasteiger partial charge is 0.469 e. The predicted octanol–water partition coefficient (Wildman–Crippen LogP) is 1.03. The quantitative estimate of drug-likeness (QED) is 0.663. The smallest absolute Gasteiger partial charge is 0.305 e. The molecule has 0 bridgehead atoms. The summed E-state index contributed by atoms with van der Waals surface area (Å²) < 4.78 is 4.53. The van der Waals surface area contributed by atoms with E-state index in [-0.39, 0.29) is 5.97 Å². The Bertz CT molecular complexity index is 216. The maximum atomic E-state index is 10.9. The van der Waals surface area contributed by atoms with Crippen molar-refractivity contribution in [2.75, 3.05) is 27.2 Å². The van der Waals surface area contributed by atoms with Crippen LogP contribution in [0, 0.1) is 5.92 Å². The first-order valence-corrected chi connectivity index (χ1v) is 6.05. The average molecular weight is 229 g/mol. The molecule has 1 rings (SSSR count). The number of hydrogen-bond donors (Lipinski definition) is 1. The fraction of sp³-hybridized carbons (Fsp3) is 0.917. The third-order valence-corrected chi connectivity index (χ3v) is 3.23. The second kappa shape index (κ2) is 6.86. The van der Waals surface area contributed by atoms with Crippen LogP contribution in [0.1, 0.15) is 32.1 Å². The molecule has 4 heteroatoms. The highest BCUT2D eigenvalue weighted by Gasteiger charge is 2.20. The summed E-state index contributed by atoms with van der Waals surface area (Å²) >= 11 is 0. The normalized spacial score (nSPS) is 18.2. The number of carbonyl (C=O) groups excluding carboxylic acids is 1. The molecule has 1 N–H and O–H groups in total. The van der Waals surface area contributed by atoms with Gasteiger partial charge in [0.15, 0.2) is 0 Å². The molecule has 1 fully saturated rings. The van der Waals surface area contributed by atoms with E-state index in [1.165, 1.54) is 26.4 Å². The minimum absolute atomic E-state index is 0.249. The van der Waals surface area contributed by atoms with Crippen LogP contribution in [-0.2, 0) is 9.53 Å². The fourth-order valence-corrected chi connectivity index (χ4v) is 2.03. The fourth-order valence-electron chi connectivity index (χ4n) is 2.03. The van der Waals surface area contributed by atoms with Crippen molar-refractivity contribution in [1.82, 2.24) is 4.90 Å². The highest BCUT2D eigenvalue weighted by molar-refractivity contribution is 5.69. The molecule has 0 amide bonds. The molecular formula is C12H23NO3. The molecule has 1 unspecified atom stereocenters. The van der Waals surface area contributed by atoms with Crippen LogP contribution in [-0.4, -0.2) is 49.3 Å². The molecule has 16 heavy (non-hydrogen) atoms. The maximum absolute atomic E-state index is 10.9. The molecule has 0 aromatic heterocycles. The Labute approximate surface area is 97.6 Å². The van der Waals surface area contributed by atoms with Gasteiger partial charge in [-0.05, 0) is 32.2 Å². The minimum atomic E-state index is -0.427. The number of aliphatic hydroxyl groups is 1. The summed E-state index contributed by atoms with van der Waals surface area (Å²) in [4.78, 5) is 13.0. The Kier molecular flexibility index (Phi) is 5.77. The van der Waals surface area contributed by atoms with Gasteiger partial charge < -0.3 is 14.7 Å². The number of nitrogens with zero attached hydrogens (tertiary/aromatic N) is 1. The summed E-state index contributed by atoms with van der Waals surface area (Å²) in [7, 11) is 3.40. The molecule has 0 radical (unpaired) electrons. The lowest BCUT2D eigenvalue weighted by Gasteiger charge is -2.31. The van der Waals surface area contributed by atoms with Gasteiger partial charge >= 0.3 is 5.97 Å². The summed E-state index contributed by atoms with van der Waals surface area (Å²) in [5.74, 6) is 0.568. The molecule has 0 aliphatic heterocycles. The van der Waals surface area contributed by atoms with E-state index in [1.54, 1.807) is 0 Å². The van der Waals surface area contributed by atoms with E-state index in [2.05, 4.69) is 9.64 Å². The zero-order valence-corrected chi connectivity index (χ0v) is 10.3. The lowest BCUT2D eigenvalue weighted by molar-refractivity contribution is -0.141. The van der Waals surface area contributed by atoms with Gasteiger partial charge in [-0.15, -0.1) is 0 Å². The summed E-state index contributed by atoms with van der Waals surface area (Å²) in [6, 6.07) is 0. The first kappa shape index (κ1) is 13.5. The van der Waals surface area contributed by atoms with Gasteiger partial charge in [-0.2, -0.15) is 0 Å². The molecule has 4 nitrogen and oxygen atoms in total. The second-order valence-electron chi connectivity index (χ2n) is 4.79. The van der Waals surface area contributed by atoms with E-state index in [4.69, 9.17) is 0 Å². The van der Waals surface area contributed by atoms with Crippen LogP contribution in [0.5, 0.6) is 0 Å². The van der Waals surface area contributed by atoms with Crippen molar-refractivity contribution in [1.29, 1.82) is 0 Å². The highest BCUT2D eigenvalue weighted by Crippen LogP contribution is 2.26. The summed E-state index contributed by atoms with van der Waals surface area (Å²) in [6.45, 7) is 1.71. The zero-order valence-electron chi connectivity index (χ0n) is 10.3. The molecular weight excluding hydrogens is 206 g/mol. The lowest BCUT2D eigenvalue weighted by atomic mass is 9.85. The molecule has 1 atom stereocenters. The van der Waals surface area contributed by atoms with Gasteiger partial charge in [-0.3, -0.25) is 4.79 Å². The zero-order chi connectivity index (χ0) is 12.0. The van der Waals surface area contributed by atoms with Gasteiger partial charge in [-0.25, -0.2) is 0 Å². The molecule has 0 aromatic rings. The van der Waals surface area contributed by atoms with Crippen molar-refractivity contribution in [3.63, 3.8) is 0 Å². The van der Waals surface area contributed by atoms with Crippen molar-refractivity contribution in [3.05, 3.63) is 0 Å². The van der Waals surface area contributed by atoms with Gasteiger partial charge in [0.25, 0.3) is 0 Å². The number of likely N-dealkylation sites (N-methyl/N-ethyl adjacent to an activating group) is 1. The number of carbonyl (C=O) groups is 1. The average Bonchev–Trinajstić information content (AvgIpc) is 2.20. The first-order valence-electron chi connectivity index (χ1n) is 6.05. The van der Waals surface area contributed by atoms with Crippen LogP contribution in [0.2, 0.25) is 0 Å². The molecule has 94 valence electrons. The molecule has 0 heterocycles. The van der Waals surface area contributed by atoms with Crippen LogP contribution in [0.15, 0.2) is 0 Å². The summed E-state index contributed by atoms with van der Waals surface area (Å²) in [5.41, 5.74) is 0. The number of rotatable bonds is 7. The van der Waals surface area contributed by atoms with Gasteiger partial charge in [0.2, 0.25) is 0 Å². The van der Waals surface area contributed by atoms with Gasteiger partial charge in [-0.1, -0.05) is 6.42 Å². The monoisotopic (exact) mass is 229 g/mol. The van der Waals surface area contributed by atoms with Crippen LogP contribution >= 0.6 is 0 Å². The first-order chi connectivity index (χ1) is 7.61. The number of ether oxygens (including phenoxy) is 1. The van der Waals surface area contributed by atoms with E-state index in [0.717, 1.165) is 12.5 Å². The van der Waals surface area contributed by atoms with Crippen molar-refractivity contribution < 1.29 is 14.6 Å². The van der Waals surface area contributed by atoms with Crippen molar-refractivity contribution >= 4 is 5.97 Å². The van der Waals surface area contributed by atoms with E-state index in [1.807, 2.05) is 7.05 Å². The van der Waals surface area contributed by atoms with Crippen LogP contribution in [0.4, 0.5) is 0 Å².